The van der Waals surface area contributed by atoms with E-state index in [0.29, 0.717) is 6.42 Å². The van der Waals surface area contributed by atoms with Crippen molar-refractivity contribution in [1.29, 1.82) is 0 Å². The molecule has 1 aromatic heterocycles. The first-order chi connectivity index (χ1) is 4.83. The van der Waals surface area contributed by atoms with Gasteiger partial charge in [0.25, 0.3) is 0 Å². The van der Waals surface area contributed by atoms with Crippen molar-refractivity contribution in [2.75, 3.05) is 0 Å². The van der Waals surface area contributed by atoms with Gasteiger partial charge >= 0.3 is 5.97 Å². The van der Waals surface area contributed by atoms with Gasteiger partial charge in [-0.2, -0.15) is 0 Å². The smallest absolute Gasteiger partial charge is 0.322 e. The van der Waals surface area contributed by atoms with Crippen LogP contribution in [0.4, 0.5) is 0 Å². The highest BCUT2D eigenvalue weighted by Gasteiger charge is 2.02. The summed E-state index contributed by atoms with van der Waals surface area (Å²) in [5.41, 5.74) is 0. The number of halogens is 1. The lowest BCUT2D eigenvalue weighted by Crippen LogP contribution is -1.98. The van der Waals surface area contributed by atoms with E-state index in [1.54, 1.807) is 11.3 Å². The van der Waals surface area contributed by atoms with Crippen LogP contribution in [-0.2, 0) is 15.0 Å². The summed E-state index contributed by atoms with van der Waals surface area (Å²) in [6, 6.07) is 3.80. The molecule has 0 saturated carbocycles. The summed E-state index contributed by atoms with van der Waals surface area (Å²) < 4.78 is 4.30. The van der Waals surface area contributed by atoms with Gasteiger partial charge in [-0.25, -0.2) is 0 Å². The van der Waals surface area contributed by atoms with E-state index < -0.39 is 0 Å². The Balaban J connectivity index is 2.48. The van der Waals surface area contributed by atoms with E-state index in [-0.39, 0.29) is 5.97 Å². The zero-order chi connectivity index (χ0) is 7.40. The number of hydrogen-bond acceptors (Lipinski definition) is 3. The van der Waals surface area contributed by atoms with Crippen molar-refractivity contribution in [2.45, 2.75) is 6.42 Å². The molecule has 1 rings (SSSR count). The molecule has 4 heteroatoms. The number of carbonyl (C=O) groups excluding carboxylic acids is 1. The van der Waals surface area contributed by atoms with Crippen molar-refractivity contribution in [2.24, 2.45) is 0 Å². The molecule has 0 spiro atoms. The molecule has 0 N–H and O–H groups in total. The van der Waals surface area contributed by atoms with Crippen LogP contribution in [0.25, 0.3) is 0 Å². The Hall–Kier alpha value is -0.350. The van der Waals surface area contributed by atoms with Gasteiger partial charge in [0.1, 0.15) is 0 Å². The highest BCUT2D eigenvalue weighted by Crippen LogP contribution is 2.09. The van der Waals surface area contributed by atoms with Crippen molar-refractivity contribution in [3.63, 3.8) is 0 Å². The van der Waals surface area contributed by atoms with Crippen molar-refractivity contribution >= 4 is 33.6 Å². The molecule has 0 aliphatic rings. The SMILES string of the molecule is O=C(Cc1cccs1)OBr. The molecule has 0 atom stereocenters. The van der Waals surface area contributed by atoms with Gasteiger partial charge < -0.3 is 3.83 Å². The van der Waals surface area contributed by atoms with Crippen LogP contribution in [0.1, 0.15) is 4.88 Å². The molecule has 0 aliphatic carbocycles. The summed E-state index contributed by atoms with van der Waals surface area (Å²) in [6.45, 7) is 0. The number of thiophene rings is 1. The maximum atomic E-state index is 10.6. The van der Waals surface area contributed by atoms with Gasteiger partial charge in [-0.05, 0) is 11.4 Å². The topological polar surface area (TPSA) is 26.3 Å². The van der Waals surface area contributed by atoms with Crippen LogP contribution in [0, 0.1) is 0 Å². The summed E-state index contributed by atoms with van der Waals surface area (Å²) in [6.07, 6.45) is 0.350. The third-order valence-electron chi connectivity index (χ3n) is 0.985. The first kappa shape index (κ1) is 7.75. The summed E-state index contributed by atoms with van der Waals surface area (Å²) in [4.78, 5) is 11.6. The van der Waals surface area contributed by atoms with Gasteiger partial charge in [0.15, 0.2) is 16.3 Å². The standard InChI is InChI=1S/C6H5BrO2S/c7-9-6(8)4-5-2-1-3-10-5/h1-3H,4H2. The molecular weight excluding hydrogens is 216 g/mol. The van der Waals surface area contributed by atoms with Crippen LogP contribution in [0.15, 0.2) is 17.5 Å². The molecule has 0 unspecified atom stereocenters. The molecule has 1 aromatic rings. The molecule has 0 bridgehead atoms. The van der Waals surface area contributed by atoms with Gasteiger partial charge in [0.2, 0.25) is 0 Å². The van der Waals surface area contributed by atoms with E-state index >= 15 is 0 Å². The number of hydrogen-bond donors (Lipinski definition) is 0. The second-order valence-corrected chi connectivity index (χ2v) is 3.06. The minimum atomic E-state index is -0.262. The van der Waals surface area contributed by atoms with Gasteiger partial charge in [-0.3, -0.25) is 4.79 Å². The highest BCUT2D eigenvalue weighted by atomic mass is 79.9. The third-order valence-corrected chi connectivity index (χ3v) is 2.22. The van der Waals surface area contributed by atoms with Crippen LogP contribution < -0.4 is 0 Å². The van der Waals surface area contributed by atoms with Crippen LogP contribution in [0.3, 0.4) is 0 Å². The molecule has 0 radical (unpaired) electrons. The average Bonchev–Trinajstić information content (AvgIpc) is 2.40. The van der Waals surface area contributed by atoms with E-state index in [0.717, 1.165) is 4.88 Å². The van der Waals surface area contributed by atoms with Gasteiger partial charge in [-0.15, -0.1) is 11.3 Å². The Morgan fingerprint density at radius 3 is 3.10 bits per heavy atom. The lowest BCUT2D eigenvalue weighted by Gasteiger charge is -1.90. The van der Waals surface area contributed by atoms with Crippen molar-refractivity contribution in [3.05, 3.63) is 22.4 Å². The van der Waals surface area contributed by atoms with E-state index in [1.165, 1.54) is 0 Å². The van der Waals surface area contributed by atoms with Crippen molar-refractivity contribution < 1.29 is 8.62 Å². The summed E-state index contributed by atoms with van der Waals surface area (Å²) in [7, 11) is 0. The highest BCUT2D eigenvalue weighted by molar-refractivity contribution is 9.06. The minimum Gasteiger partial charge on any atom is -0.383 e. The second kappa shape index (κ2) is 3.73. The Labute approximate surface area is 71.3 Å². The maximum absolute atomic E-state index is 10.6. The maximum Gasteiger partial charge on any atom is 0.322 e. The fourth-order valence-corrected chi connectivity index (χ4v) is 1.39. The molecule has 0 aliphatic heterocycles. The molecule has 2 nitrogen and oxygen atoms in total. The van der Waals surface area contributed by atoms with Crippen LogP contribution >= 0.6 is 27.6 Å². The predicted octanol–water partition coefficient (Wildman–Crippen LogP) is 2.14. The molecule has 0 fully saturated rings. The van der Waals surface area contributed by atoms with Crippen LogP contribution in [0.5, 0.6) is 0 Å². The van der Waals surface area contributed by atoms with Crippen molar-refractivity contribution in [1.82, 2.24) is 0 Å². The first-order valence-corrected chi connectivity index (χ1v) is 4.19. The van der Waals surface area contributed by atoms with Gasteiger partial charge in [-0.1, -0.05) is 6.07 Å². The second-order valence-electron chi connectivity index (χ2n) is 1.71. The quantitative estimate of drug-likeness (QED) is 0.764. The predicted molar refractivity (Wildman–Crippen MR) is 43.0 cm³/mol. The minimum absolute atomic E-state index is 0.262. The Bertz CT molecular complexity index is 208. The fourth-order valence-electron chi connectivity index (χ4n) is 0.583. The first-order valence-electron chi connectivity index (χ1n) is 2.66. The largest absolute Gasteiger partial charge is 0.383 e. The summed E-state index contributed by atoms with van der Waals surface area (Å²) in [5.74, 6) is -0.262. The molecule has 0 saturated heterocycles. The van der Waals surface area contributed by atoms with Gasteiger partial charge in [0.05, 0.1) is 6.42 Å². The summed E-state index contributed by atoms with van der Waals surface area (Å²) >= 11 is 4.16. The van der Waals surface area contributed by atoms with Crippen LogP contribution in [0.2, 0.25) is 0 Å². The molecule has 0 amide bonds. The zero-order valence-electron chi connectivity index (χ0n) is 5.04. The van der Waals surface area contributed by atoms with E-state index in [9.17, 15) is 4.79 Å². The monoisotopic (exact) mass is 220 g/mol. The molecule has 10 heavy (non-hydrogen) atoms. The van der Waals surface area contributed by atoms with Crippen LogP contribution in [-0.4, -0.2) is 5.97 Å². The molecule has 0 aromatic carbocycles. The van der Waals surface area contributed by atoms with Crippen molar-refractivity contribution in [3.8, 4) is 0 Å². The molecule has 54 valence electrons. The normalized spacial score (nSPS) is 9.30. The fraction of sp³-hybridized carbons (Fsp3) is 0.167. The Morgan fingerprint density at radius 1 is 1.80 bits per heavy atom. The number of rotatable bonds is 2. The Kier molecular flexibility index (Phi) is 2.89. The zero-order valence-corrected chi connectivity index (χ0v) is 7.44. The number of carbonyl (C=O) groups is 1. The molecular formula is C6H5BrO2S. The van der Waals surface area contributed by atoms with E-state index in [1.807, 2.05) is 17.5 Å². The Morgan fingerprint density at radius 2 is 2.60 bits per heavy atom. The van der Waals surface area contributed by atoms with Gasteiger partial charge in [0, 0.05) is 4.88 Å². The third kappa shape index (κ3) is 2.11. The summed E-state index contributed by atoms with van der Waals surface area (Å²) in [5, 5.41) is 1.93. The lowest BCUT2D eigenvalue weighted by molar-refractivity contribution is -0.131. The van der Waals surface area contributed by atoms with E-state index in [2.05, 4.69) is 20.1 Å². The molecule has 1 heterocycles. The lowest BCUT2D eigenvalue weighted by atomic mass is 10.3. The average molecular weight is 221 g/mol. The van der Waals surface area contributed by atoms with E-state index in [4.69, 9.17) is 0 Å².